The van der Waals surface area contributed by atoms with Crippen LogP contribution in [0.4, 0.5) is 4.79 Å². The number of urea groups is 1. The number of hydrogen-bond donors (Lipinski definition) is 2. The zero-order valence-electron chi connectivity index (χ0n) is 12.5. The molecule has 0 bridgehead atoms. The highest BCUT2D eigenvalue weighted by Crippen LogP contribution is 2.35. The number of rotatable bonds is 3. The van der Waals surface area contributed by atoms with Crippen LogP contribution in [0.2, 0.25) is 0 Å². The predicted octanol–water partition coefficient (Wildman–Crippen LogP) is 0.804. The van der Waals surface area contributed by atoms with Crippen LogP contribution in [-0.2, 0) is 9.59 Å². The number of imide groups is 1. The van der Waals surface area contributed by atoms with E-state index in [1.165, 1.54) is 0 Å². The van der Waals surface area contributed by atoms with Gasteiger partial charge >= 0.3 is 6.03 Å². The number of nitrogens with zero attached hydrogens (tertiary/aromatic N) is 2. The fraction of sp³-hybridized carbons (Fsp3) is 0.733. The Morgan fingerprint density at radius 3 is 2.36 bits per heavy atom. The maximum Gasteiger partial charge on any atom is 0.325 e. The molecule has 3 rings (SSSR count). The third-order valence-corrected chi connectivity index (χ3v) is 5.05. The van der Waals surface area contributed by atoms with E-state index in [-0.39, 0.29) is 12.5 Å². The molecule has 2 N–H and O–H groups in total. The van der Waals surface area contributed by atoms with E-state index in [1.807, 2.05) is 0 Å². The van der Waals surface area contributed by atoms with Gasteiger partial charge in [0.15, 0.2) is 0 Å². The molecule has 1 aliphatic heterocycles. The van der Waals surface area contributed by atoms with Gasteiger partial charge in [-0.05, 0) is 38.5 Å². The van der Waals surface area contributed by atoms with E-state index in [1.54, 1.807) is 0 Å². The molecule has 0 aromatic carbocycles. The van der Waals surface area contributed by atoms with Gasteiger partial charge in [-0.3, -0.25) is 14.5 Å². The molecule has 0 atom stereocenters. The van der Waals surface area contributed by atoms with Crippen LogP contribution >= 0.6 is 0 Å². The van der Waals surface area contributed by atoms with Gasteiger partial charge in [0.25, 0.3) is 5.91 Å². The van der Waals surface area contributed by atoms with Crippen LogP contribution in [-0.4, -0.2) is 40.4 Å². The molecule has 0 aromatic rings. The van der Waals surface area contributed by atoms with Crippen LogP contribution in [0.3, 0.4) is 0 Å². The van der Waals surface area contributed by atoms with Crippen LogP contribution in [0.1, 0.15) is 51.4 Å². The fourth-order valence-corrected chi connectivity index (χ4v) is 3.83. The summed E-state index contributed by atoms with van der Waals surface area (Å²) in [7, 11) is 0. The average molecular weight is 304 g/mol. The van der Waals surface area contributed by atoms with Crippen molar-refractivity contribution in [3.8, 4) is 6.07 Å². The van der Waals surface area contributed by atoms with Crippen molar-refractivity contribution in [2.75, 3.05) is 6.54 Å². The first kappa shape index (κ1) is 14.8. The zero-order chi connectivity index (χ0) is 15.8. The van der Waals surface area contributed by atoms with Gasteiger partial charge in [-0.1, -0.05) is 12.8 Å². The Morgan fingerprint density at radius 1 is 1.18 bits per heavy atom. The number of amides is 4. The number of nitrogens with one attached hydrogen (secondary N) is 2. The topological polar surface area (TPSA) is 102 Å². The van der Waals surface area contributed by atoms with Gasteiger partial charge in [0.1, 0.15) is 17.6 Å². The molecule has 3 fully saturated rings. The third kappa shape index (κ3) is 2.32. The molecule has 22 heavy (non-hydrogen) atoms. The Morgan fingerprint density at radius 2 is 1.77 bits per heavy atom. The molecule has 7 nitrogen and oxygen atoms in total. The highest BCUT2D eigenvalue weighted by Gasteiger charge is 2.53. The fourth-order valence-electron chi connectivity index (χ4n) is 3.83. The van der Waals surface area contributed by atoms with Crippen molar-refractivity contribution in [3.05, 3.63) is 0 Å². The number of nitriles is 1. The van der Waals surface area contributed by atoms with Gasteiger partial charge in [-0.25, -0.2) is 4.79 Å². The Labute approximate surface area is 129 Å². The van der Waals surface area contributed by atoms with E-state index in [2.05, 4.69) is 16.7 Å². The molecule has 0 unspecified atom stereocenters. The summed E-state index contributed by atoms with van der Waals surface area (Å²) >= 11 is 0. The molecule has 118 valence electrons. The van der Waals surface area contributed by atoms with Gasteiger partial charge in [-0.15, -0.1) is 0 Å². The van der Waals surface area contributed by atoms with E-state index in [9.17, 15) is 19.6 Å². The first-order valence-electron chi connectivity index (χ1n) is 7.87. The molecule has 2 aliphatic carbocycles. The van der Waals surface area contributed by atoms with Crippen molar-refractivity contribution in [3.63, 3.8) is 0 Å². The predicted molar refractivity (Wildman–Crippen MR) is 76.4 cm³/mol. The van der Waals surface area contributed by atoms with Gasteiger partial charge < -0.3 is 10.6 Å². The summed E-state index contributed by atoms with van der Waals surface area (Å²) in [5.74, 6) is -0.746. The first-order chi connectivity index (χ1) is 10.5. The minimum absolute atomic E-state index is 0.303. The van der Waals surface area contributed by atoms with Gasteiger partial charge in [0.05, 0.1) is 6.07 Å². The van der Waals surface area contributed by atoms with Crippen LogP contribution in [0, 0.1) is 11.3 Å². The van der Waals surface area contributed by atoms with Gasteiger partial charge in [-0.2, -0.15) is 5.26 Å². The normalized spacial score (nSPS) is 25.3. The van der Waals surface area contributed by atoms with Crippen molar-refractivity contribution in [2.24, 2.45) is 0 Å². The second-order valence-corrected chi connectivity index (χ2v) is 6.56. The lowest BCUT2D eigenvalue weighted by Gasteiger charge is -2.24. The van der Waals surface area contributed by atoms with Crippen LogP contribution in [0.15, 0.2) is 0 Å². The molecule has 1 saturated heterocycles. The summed E-state index contributed by atoms with van der Waals surface area (Å²) in [4.78, 5) is 37.6. The lowest BCUT2D eigenvalue weighted by Crippen LogP contribution is -2.50. The van der Waals surface area contributed by atoms with Crippen LogP contribution in [0.25, 0.3) is 0 Å². The summed E-state index contributed by atoms with van der Waals surface area (Å²) in [6, 6.07) is 1.67. The van der Waals surface area contributed by atoms with Crippen molar-refractivity contribution in [1.29, 1.82) is 5.26 Å². The third-order valence-electron chi connectivity index (χ3n) is 5.05. The SMILES string of the molecule is N#CC1(NC(=O)CN2C(=O)NC3(CCCC3)C2=O)CCCC1. The standard InChI is InChI=1S/C15H20N4O3/c16-10-14(5-1-2-6-14)17-11(20)9-19-12(21)15(18-13(19)22)7-3-4-8-15/h1-9H2,(H,17,20)(H,18,22). The summed E-state index contributed by atoms with van der Waals surface area (Å²) in [5.41, 5.74) is -1.63. The Balaban J connectivity index is 1.65. The van der Waals surface area contributed by atoms with Crippen LogP contribution < -0.4 is 10.6 Å². The van der Waals surface area contributed by atoms with E-state index < -0.39 is 23.0 Å². The summed E-state index contributed by atoms with van der Waals surface area (Å²) in [5, 5.41) is 14.7. The summed E-state index contributed by atoms with van der Waals surface area (Å²) in [6.07, 6.45) is 6.14. The number of carbonyl (C=O) groups is 3. The molecular formula is C15H20N4O3. The minimum Gasteiger partial charge on any atom is -0.336 e. The Hall–Kier alpha value is -2.10. The molecule has 3 aliphatic rings. The molecule has 0 radical (unpaired) electrons. The molecule has 1 heterocycles. The van der Waals surface area contributed by atoms with E-state index >= 15 is 0 Å². The zero-order valence-corrected chi connectivity index (χ0v) is 12.5. The molecule has 1 spiro atoms. The monoisotopic (exact) mass is 304 g/mol. The lowest BCUT2D eigenvalue weighted by atomic mass is 9.98. The molecule has 2 saturated carbocycles. The van der Waals surface area contributed by atoms with Crippen molar-refractivity contribution >= 4 is 17.8 Å². The number of carbonyl (C=O) groups excluding carboxylic acids is 3. The van der Waals surface area contributed by atoms with Crippen molar-refractivity contribution < 1.29 is 14.4 Å². The molecule has 0 aromatic heterocycles. The maximum absolute atomic E-state index is 12.5. The number of hydrogen-bond acceptors (Lipinski definition) is 4. The maximum atomic E-state index is 12.5. The van der Waals surface area contributed by atoms with Gasteiger partial charge in [0, 0.05) is 0 Å². The second-order valence-electron chi connectivity index (χ2n) is 6.56. The Kier molecular flexibility index (Phi) is 3.55. The highest BCUT2D eigenvalue weighted by atomic mass is 16.2. The minimum atomic E-state index is -0.832. The van der Waals surface area contributed by atoms with Crippen LogP contribution in [0.5, 0.6) is 0 Å². The second kappa shape index (κ2) is 5.27. The quantitative estimate of drug-likeness (QED) is 0.753. The summed E-state index contributed by atoms with van der Waals surface area (Å²) < 4.78 is 0. The molecule has 7 heteroatoms. The van der Waals surface area contributed by atoms with E-state index in [0.717, 1.165) is 30.6 Å². The molecule has 4 amide bonds. The molecular weight excluding hydrogens is 284 g/mol. The van der Waals surface area contributed by atoms with Crippen molar-refractivity contribution in [2.45, 2.75) is 62.4 Å². The van der Waals surface area contributed by atoms with Crippen molar-refractivity contribution in [1.82, 2.24) is 15.5 Å². The smallest absolute Gasteiger partial charge is 0.325 e. The average Bonchev–Trinajstić information content (AvgIpc) is 3.18. The first-order valence-corrected chi connectivity index (χ1v) is 7.87. The highest BCUT2D eigenvalue weighted by molar-refractivity contribution is 6.09. The van der Waals surface area contributed by atoms with E-state index in [4.69, 9.17) is 0 Å². The lowest BCUT2D eigenvalue weighted by molar-refractivity contribution is -0.135. The largest absolute Gasteiger partial charge is 0.336 e. The van der Waals surface area contributed by atoms with Gasteiger partial charge in [0.2, 0.25) is 5.91 Å². The van der Waals surface area contributed by atoms with E-state index in [0.29, 0.717) is 25.7 Å². The Bertz CT molecular complexity index is 554. The summed E-state index contributed by atoms with van der Waals surface area (Å²) in [6.45, 7) is -0.310.